The third-order valence-electron chi connectivity index (χ3n) is 4.26. The second-order valence-corrected chi connectivity index (χ2v) is 7.49. The number of nitrogens with one attached hydrogen (secondary N) is 1. The van der Waals surface area contributed by atoms with E-state index in [-0.39, 0.29) is 6.61 Å². The molecule has 0 radical (unpaired) electrons. The van der Waals surface area contributed by atoms with E-state index in [1.165, 1.54) is 16.9 Å². The smallest absolute Gasteiger partial charge is 0.416 e. The lowest BCUT2D eigenvalue weighted by atomic mass is 10.2. The van der Waals surface area contributed by atoms with E-state index >= 15 is 0 Å². The second-order valence-electron chi connectivity index (χ2n) is 6.44. The number of aryl methyl sites for hydroxylation is 1. The molecule has 0 unspecified atom stereocenters. The van der Waals surface area contributed by atoms with E-state index in [0.717, 1.165) is 22.7 Å². The first-order chi connectivity index (χ1) is 14.9. The minimum atomic E-state index is -4.37. The number of halogens is 3. The van der Waals surface area contributed by atoms with E-state index in [4.69, 9.17) is 4.74 Å². The van der Waals surface area contributed by atoms with Gasteiger partial charge in [0.25, 0.3) is 0 Å². The topological polar surface area (TPSA) is 94.4 Å². The zero-order chi connectivity index (χ0) is 21.8. The molecule has 0 aliphatic heterocycles. The summed E-state index contributed by atoms with van der Waals surface area (Å²) >= 11 is 1.57. The predicted octanol–water partition coefficient (Wildman–Crippen LogP) is 3.98. The molecule has 8 nitrogen and oxygen atoms in total. The van der Waals surface area contributed by atoms with Gasteiger partial charge in [0.15, 0.2) is 6.61 Å². The number of nitrogens with zero attached hydrogens (tertiary/aromatic N) is 6. The number of hydrogen-bond acceptors (Lipinski definition) is 7. The Labute approximate surface area is 178 Å². The number of thioether (sulfide) groups is 1. The van der Waals surface area contributed by atoms with Crippen LogP contribution in [0.3, 0.4) is 0 Å². The molecule has 0 saturated carbocycles. The second kappa shape index (κ2) is 8.76. The van der Waals surface area contributed by atoms with E-state index in [2.05, 4.69) is 30.8 Å². The number of benzene rings is 2. The minimum Gasteiger partial charge on any atom is -0.485 e. The van der Waals surface area contributed by atoms with Crippen molar-refractivity contribution in [2.24, 2.45) is 0 Å². The number of rotatable bonds is 7. The van der Waals surface area contributed by atoms with Crippen LogP contribution in [0.4, 0.5) is 13.2 Å². The quantitative estimate of drug-likeness (QED) is 0.428. The van der Waals surface area contributed by atoms with Gasteiger partial charge in [-0.15, -0.1) is 22.0 Å². The molecular weight excluding hydrogens is 431 g/mol. The van der Waals surface area contributed by atoms with Crippen molar-refractivity contribution in [2.45, 2.75) is 30.4 Å². The van der Waals surface area contributed by atoms with E-state index in [1.54, 1.807) is 11.8 Å². The first-order valence-corrected chi connectivity index (χ1v) is 10.1. The maximum atomic E-state index is 12.7. The van der Waals surface area contributed by atoms with Gasteiger partial charge in [0.1, 0.15) is 5.75 Å². The number of aromatic nitrogens is 7. The first kappa shape index (κ1) is 20.8. The van der Waals surface area contributed by atoms with Gasteiger partial charge in [-0.05, 0) is 55.5 Å². The molecule has 0 saturated heterocycles. The average Bonchev–Trinajstić information content (AvgIpc) is 3.41. The SMILES string of the molecule is Cc1nn(-c2ccc(C(F)(F)F)cc2)nc1CSc1ccc(OCc2nn[nH]n2)cc1. The van der Waals surface area contributed by atoms with Gasteiger partial charge in [0.05, 0.1) is 22.6 Å². The Kier molecular flexibility index (Phi) is 5.89. The molecule has 2 aromatic carbocycles. The van der Waals surface area contributed by atoms with Crippen molar-refractivity contribution in [3.8, 4) is 11.4 Å². The summed E-state index contributed by atoms with van der Waals surface area (Å²) in [7, 11) is 0. The van der Waals surface area contributed by atoms with Gasteiger partial charge in [-0.1, -0.05) is 5.21 Å². The molecule has 2 heterocycles. The molecule has 31 heavy (non-hydrogen) atoms. The van der Waals surface area contributed by atoms with Crippen molar-refractivity contribution in [3.63, 3.8) is 0 Å². The van der Waals surface area contributed by atoms with Crippen LogP contribution in [0.15, 0.2) is 53.4 Å². The zero-order valence-electron chi connectivity index (χ0n) is 16.2. The highest BCUT2D eigenvalue weighted by atomic mass is 32.2. The van der Waals surface area contributed by atoms with E-state index < -0.39 is 11.7 Å². The molecule has 4 rings (SSSR count). The fourth-order valence-corrected chi connectivity index (χ4v) is 3.52. The predicted molar refractivity (Wildman–Crippen MR) is 106 cm³/mol. The van der Waals surface area contributed by atoms with E-state index in [1.807, 2.05) is 31.2 Å². The average molecular weight is 447 g/mol. The van der Waals surface area contributed by atoms with Crippen LogP contribution < -0.4 is 4.74 Å². The first-order valence-electron chi connectivity index (χ1n) is 9.07. The summed E-state index contributed by atoms with van der Waals surface area (Å²) in [4.78, 5) is 2.36. The highest BCUT2D eigenvalue weighted by Crippen LogP contribution is 2.30. The van der Waals surface area contributed by atoms with Gasteiger partial charge in [-0.2, -0.15) is 33.4 Å². The van der Waals surface area contributed by atoms with E-state index in [9.17, 15) is 13.2 Å². The van der Waals surface area contributed by atoms with Crippen molar-refractivity contribution in [1.29, 1.82) is 0 Å². The van der Waals surface area contributed by atoms with E-state index in [0.29, 0.717) is 28.7 Å². The molecule has 2 aromatic heterocycles. The third kappa shape index (κ3) is 5.20. The summed E-state index contributed by atoms with van der Waals surface area (Å²) < 4.78 is 43.8. The van der Waals surface area contributed by atoms with Crippen LogP contribution in [0.1, 0.15) is 22.8 Å². The largest absolute Gasteiger partial charge is 0.485 e. The Hall–Kier alpha value is -3.41. The summed E-state index contributed by atoms with van der Waals surface area (Å²) in [6.07, 6.45) is -4.37. The fraction of sp³-hybridized carbons (Fsp3) is 0.211. The van der Waals surface area contributed by atoms with Crippen molar-refractivity contribution in [2.75, 3.05) is 0 Å². The maximum absolute atomic E-state index is 12.7. The lowest BCUT2D eigenvalue weighted by Gasteiger charge is -2.07. The molecule has 160 valence electrons. The molecule has 0 aliphatic rings. The summed E-state index contributed by atoms with van der Waals surface area (Å²) in [5.41, 5.74) is 1.23. The highest BCUT2D eigenvalue weighted by Gasteiger charge is 2.30. The Bertz CT molecular complexity index is 1130. The van der Waals surface area contributed by atoms with Crippen LogP contribution in [0, 0.1) is 6.92 Å². The molecule has 0 aliphatic carbocycles. The van der Waals surface area contributed by atoms with Crippen LogP contribution >= 0.6 is 11.8 Å². The van der Waals surface area contributed by atoms with Crippen molar-refractivity contribution >= 4 is 11.8 Å². The molecule has 0 spiro atoms. The van der Waals surface area contributed by atoms with Crippen LogP contribution in [-0.2, 0) is 18.5 Å². The monoisotopic (exact) mass is 447 g/mol. The van der Waals surface area contributed by atoms with Gasteiger partial charge in [-0.3, -0.25) is 0 Å². The molecule has 0 atom stereocenters. The van der Waals surface area contributed by atoms with Gasteiger partial charge in [-0.25, -0.2) is 0 Å². The normalized spacial score (nSPS) is 11.6. The number of tetrazole rings is 1. The highest BCUT2D eigenvalue weighted by molar-refractivity contribution is 7.98. The number of ether oxygens (including phenoxy) is 1. The minimum absolute atomic E-state index is 0.217. The number of alkyl halides is 3. The summed E-state index contributed by atoms with van der Waals surface area (Å²) in [6, 6.07) is 12.3. The summed E-state index contributed by atoms with van der Waals surface area (Å²) in [5, 5.41) is 22.2. The molecule has 4 aromatic rings. The maximum Gasteiger partial charge on any atom is 0.416 e. The third-order valence-corrected chi connectivity index (χ3v) is 5.28. The Morgan fingerprint density at radius 3 is 2.42 bits per heavy atom. The molecule has 0 bridgehead atoms. The zero-order valence-corrected chi connectivity index (χ0v) is 17.0. The molecular formula is C19H16F3N7OS. The molecule has 0 amide bonds. The van der Waals surface area contributed by atoms with Crippen molar-refractivity contribution in [3.05, 3.63) is 71.3 Å². The van der Waals surface area contributed by atoms with Crippen LogP contribution in [0.2, 0.25) is 0 Å². The lowest BCUT2D eigenvalue weighted by molar-refractivity contribution is -0.137. The number of H-pyrrole nitrogens is 1. The van der Waals surface area contributed by atoms with Gasteiger partial charge in [0, 0.05) is 10.6 Å². The van der Waals surface area contributed by atoms with Crippen LogP contribution in [-0.4, -0.2) is 35.6 Å². The number of hydrogen-bond donors (Lipinski definition) is 1. The Morgan fingerprint density at radius 2 is 1.77 bits per heavy atom. The lowest BCUT2D eigenvalue weighted by Crippen LogP contribution is -2.06. The number of aromatic amines is 1. The Morgan fingerprint density at radius 1 is 1.03 bits per heavy atom. The molecule has 1 N–H and O–H groups in total. The standard InChI is InChI=1S/C19H16F3N7OS/c1-12-17(26-29(25-12)14-4-2-13(3-5-14)19(20,21)22)11-31-16-8-6-15(7-9-16)30-10-18-23-27-28-24-18/h2-9H,10-11H2,1H3,(H,23,24,27,28). The van der Waals surface area contributed by atoms with Crippen molar-refractivity contribution in [1.82, 2.24) is 35.6 Å². The summed E-state index contributed by atoms with van der Waals surface area (Å²) in [5.74, 6) is 1.71. The van der Waals surface area contributed by atoms with Gasteiger partial charge >= 0.3 is 6.18 Å². The molecule has 0 fully saturated rings. The van der Waals surface area contributed by atoms with Gasteiger partial charge < -0.3 is 4.74 Å². The van der Waals surface area contributed by atoms with Crippen LogP contribution in [0.25, 0.3) is 5.69 Å². The summed E-state index contributed by atoms with van der Waals surface area (Å²) in [6.45, 7) is 2.04. The van der Waals surface area contributed by atoms with Crippen LogP contribution in [0.5, 0.6) is 5.75 Å². The van der Waals surface area contributed by atoms with Gasteiger partial charge in [0.2, 0.25) is 5.82 Å². The molecule has 12 heteroatoms. The van der Waals surface area contributed by atoms with Crippen molar-refractivity contribution < 1.29 is 17.9 Å². The fourth-order valence-electron chi connectivity index (χ4n) is 2.62. The Balaban J connectivity index is 1.36.